The molecule has 2 unspecified atom stereocenters. The highest BCUT2D eigenvalue weighted by Gasteiger charge is 2.23. The molecule has 0 aliphatic rings. The summed E-state index contributed by atoms with van der Waals surface area (Å²) in [5, 5.41) is 0. The minimum atomic E-state index is 0.572. The van der Waals surface area contributed by atoms with Gasteiger partial charge in [0.2, 0.25) is 0 Å². The maximum atomic E-state index is 4.47. The summed E-state index contributed by atoms with van der Waals surface area (Å²) in [6, 6.07) is 11.8. The minimum Gasteiger partial charge on any atom is -0.334 e. The van der Waals surface area contributed by atoms with Gasteiger partial charge >= 0.3 is 0 Å². The highest BCUT2D eigenvalue weighted by molar-refractivity contribution is 5.15. The Morgan fingerprint density at radius 3 is 1.32 bits per heavy atom. The summed E-state index contributed by atoms with van der Waals surface area (Å²) in [5.41, 5.74) is 1.50. The second-order valence-electron chi connectivity index (χ2n) is 14.1. The fraction of sp³-hybridized carbons (Fsp3) is 0.786. The Balaban J connectivity index is 1.64. The summed E-state index contributed by atoms with van der Waals surface area (Å²) in [4.78, 5) is 4.47. The van der Waals surface area contributed by atoms with Crippen LogP contribution < -0.4 is 0 Å². The van der Waals surface area contributed by atoms with Crippen molar-refractivity contribution >= 4 is 0 Å². The van der Waals surface area contributed by atoms with Gasteiger partial charge in [-0.3, -0.25) is 0 Å². The van der Waals surface area contributed by atoms with Crippen molar-refractivity contribution < 1.29 is 0 Å². The van der Waals surface area contributed by atoms with E-state index in [9.17, 15) is 0 Å². The first-order valence-electron chi connectivity index (χ1n) is 19.9. The largest absolute Gasteiger partial charge is 0.334 e. The number of unbranched alkanes of at least 4 members (excludes halogenated alkanes) is 24. The van der Waals surface area contributed by atoms with Crippen molar-refractivity contribution in [1.82, 2.24) is 9.55 Å². The predicted octanol–water partition coefficient (Wildman–Crippen LogP) is 14.2. The first-order valence-corrected chi connectivity index (χ1v) is 19.9. The van der Waals surface area contributed by atoms with Crippen LogP contribution in [0.5, 0.6) is 0 Å². The van der Waals surface area contributed by atoms with Gasteiger partial charge in [-0.2, -0.15) is 0 Å². The fourth-order valence-electron chi connectivity index (χ4n) is 7.24. The van der Waals surface area contributed by atoms with Crippen LogP contribution in [0.4, 0.5) is 0 Å². The number of hydrogen-bond acceptors (Lipinski definition) is 1. The van der Waals surface area contributed by atoms with Gasteiger partial charge in [-0.05, 0) is 30.7 Å². The zero-order valence-electron chi connectivity index (χ0n) is 29.7. The molecule has 2 heteroatoms. The summed E-state index contributed by atoms with van der Waals surface area (Å²) in [5.74, 6) is 0.692. The molecule has 2 nitrogen and oxygen atoms in total. The van der Waals surface area contributed by atoms with Crippen LogP contribution in [0, 0.1) is 5.92 Å². The number of rotatable bonds is 32. The van der Waals surface area contributed by atoms with Crippen LogP contribution in [0.3, 0.4) is 0 Å². The van der Waals surface area contributed by atoms with Crippen molar-refractivity contribution in [3.05, 3.63) is 54.6 Å². The Morgan fingerprint density at radius 2 is 0.909 bits per heavy atom. The lowest BCUT2D eigenvalue weighted by Crippen LogP contribution is -2.21. The Labute approximate surface area is 275 Å². The van der Waals surface area contributed by atoms with Crippen molar-refractivity contribution in [2.24, 2.45) is 5.92 Å². The maximum absolute atomic E-state index is 4.47. The van der Waals surface area contributed by atoms with Gasteiger partial charge in [0, 0.05) is 18.4 Å². The fourth-order valence-corrected chi connectivity index (χ4v) is 7.24. The normalized spacial score (nSPS) is 13.0. The average molecular weight is 607 g/mol. The molecule has 0 saturated carbocycles. The van der Waals surface area contributed by atoms with Crippen LogP contribution in [0.1, 0.15) is 205 Å². The highest BCUT2D eigenvalue weighted by Crippen LogP contribution is 2.32. The summed E-state index contributed by atoms with van der Waals surface area (Å²) in [7, 11) is 0. The van der Waals surface area contributed by atoms with E-state index in [1.54, 1.807) is 0 Å². The second kappa shape index (κ2) is 28.9. The van der Waals surface area contributed by atoms with Crippen LogP contribution in [0.25, 0.3) is 0 Å². The molecule has 2 aromatic rings. The van der Waals surface area contributed by atoms with Crippen LogP contribution in [0.2, 0.25) is 0 Å². The Morgan fingerprint density at radius 1 is 0.500 bits per heavy atom. The first-order chi connectivity index (χ1) is 21.8. The molecule has 2 atom stereocenters. The third-order valence-corrected chi connectivity index (χ3v) is 10.1. The monoisotopic (exact) mass is 607 g/mol. The van der Waals surface area contributed by atoms with Gasteiger partial charge in [0.15, 0.2) is 0 Å². The molecule has 0 aliphatic carbocycles. The molecule has 1 aromatic heterocycles. The van der Waals surface area contributed by atoms with E-state index in [0.717, 1.165) is 0 Å². The number of imidazole rings is 1. The van der Waals surface area contributed by atoms with Crippen molar-refractivity contribution in [1.29, 1.82) is 0 Å². The van der Waals surface area contributed by atoms with Crippen molar-refractivity contribution in [3.63, 3.8) is 0 Å². The molecule has 0 bridgehead atoms. The van der Waals surface area contributed by atoms with Gasteiger partial charge in [-0.25, -0.2) is 4.98 Å². The van der Waals surface area contributed by atoms with E-state index in [2.05, 4.69) is 66.3 Å². The van der Waals surface area contributed by atoms with Crippen LogP contribution in [-0.4, -0.2) is 9.55 Å². The standard InChI is InChI=1S/C42H74N2/c1-3-5-7-9-11-13-14-15-16-17-18-19-20-22-24-26-31-35-42(44-37-36-43-39-44)41(38-40-32-28-27-29-33-40)34-30-25-23-21-12-10-8-6-4-2/h27-29,32-33,36-37,39,41-42H,3-26,30-31,34-35,38H2,1-2H3. The zero-order valence-corrected chi connectivity index (χ0v) is 29.7. The molecule has 2 rings (SSSR count). The van der Waals surface area contributed by atoms with Gasteiger partial charge in [0.05, 0.1) is 6.33 Å². The average Bonchev–Trinajstić information content (AvgIpc) is 3.58. The Kier molecular flexibility index (Phi) is 25.3. The predicted molar refractivity (Wildman–Crippen MR) is 196 cm³/mol. The van der Waals surface area contributed by atoms with E-state index in [1.807, 2.05) is 6.20 Å². The molecular weight excluding hydrogens is 532 g/mol. The van der Waals surface area contributed by atoms with E-state index in [0.29, 0.717) is 12.0 Å². The Hall–Kier alpha value is -1.57. The lowest BCUT2D eigenvalue weighted by atomic mass is 9.84. The summed E-state index contributed by atoms with van der Waals surface area (Å²) in [6.45, 7) is 4.62. The molecule has 0 amide bonds. The van der Waals surface area contributed by atoms with Crippen LogP contribution >= 0.6 is 0 Å². The first kappa shape index (κ1) is 38.6. The third kappa shape index (κ3) is 20.5. The van der Waals surface area contributed by atoms with Crippen LogP contribution in [0.15, 0.2) is 49.1 Å². The van der Waals surface area contributed by atoms with E-state index >= 15 is 0 Å². The summed E-state index contributed by atoms with van der Waals surface area (Å²) < 4.78 is 2.45. The number of hydrogen-bond donors (Lipinski definition) is 0. The van der Waals surface area contributed by atoms with E-state index in [1.165, 1.54) is 192 Å². The van der Waals surface area contributed by atoms with Crippen LogP contribution in [-0.2, 0) is 6.42 Å². The van der Waals surface area contributed by atoms with Gasteiger partial charge in [0.1, 0.15) is 0 Å². The third-order valence-electron chi connectivity index (χ3n) is 10.1. The molecular formula is C42H74N2. The molecule has 252 valence electrons. The van der Waals surface area contributed by atoms with E-state index in [4.69, 9.17) is 0 Å². The molecule has 0 fully saturated rings. The molecule has 1 heterocycles. The van der Waals surface area contributed by atoms with Gasteiger partial charge in [-0.1, -0.05) is 211 Å². The highest BCUT2D eigenvalue weighted by atomic mass is 15.1. The van der Waals surface area contributed by atoms with Gasteiger partial charge < -0.3 is 4.57 Å². The topological polar surface area (TPSA) is 17.8 Å². The summed E-state index contributed by atoms with van der Waals surface area (Å²) >= 11 is 0. The van der Waals surface area contributed by atoms with Crippen molar-refractivity contribution in [2.75, 3.05) is 0 Å². The van der Waals surface area contributed by atoms with Gasteiger partial charge in [0.25, 0.3) is 0 Å². The zero-order chi connectivity index (χ0) is 31.2. The van der Waals surface area contributed by atoms with E-state index < -0.39 is 0 Å². The molecule has 0 spiro atoms. The molecule has 0 aliphatic heterocycles. The lowest BCUT2D eigenvalue weighted by Gasteiger charge is -2.29. The SMILES string of the molecule is CCCCCCCCCCCCCCCCCCCC(C(CCCCCCCCCCC)Cc1ccccc1)n1ccnc1. The van der Waals surface area contributed by atoms with Crippen molar-refractivity contribution in [2.45, 2.75) is 206 Å². The smallest absolute Gasteiger partial charge is 0.0948 e. The number of aromatic nitrogens is 2. The van der Waals surface area contributed by atoms with E-state index in [-0.39, 0.29) is 0 Å². The lowest BCUT2D eigenvalue weighted by molar-refractivity contribution is 0.275. The molecule has 1 aromatic carbocycles. The summed E-state index contributed by atoms with van der Waals surface area (Å²) in [6.07, 6.45) is 47.3. The van der Waals surface area contributed by atoms with Gasteiger partial charge in [-0.15, -0.1) is 0 Å². The quantitative estimate of drug-likeness (QED) is 0.0757. The number of benzene rings is 1. The van der Waals surface area contributed by atoms with Crippen molar-refractivity contribution in [3.8, 4) is 0 Å². The molecule has 44 heavy (non-hydrogen) atoms. The molecule has 0 N–H and O–H groups in total. The molecule has 0 radical (unpaired) electrons. The maximum Gasteiger partial charge on any atom is 0.0948 e. The number of nitrogens with zero attached hydrogens (tertiary/aromatic N) is 2. The Bertz CT molecular complexity index is 814. The molecule has 0 saturated heterocycles. The minimum absolute atomic E-state index is 0.572. The second-order valence-corrected chi connectivity index (χ2v) is 14.1.